The Balaban J connectivity index is 2.12. The molecule has 1 saturated heterocycles. The fraction of sp³-hybridized carbons (Fsp3) is 0.562. The minimum atomic E-state index is -0.468. The lowest BCUT2D eigenvalue weighted by Crippen LogP contribution is -2.55. The van der Waals surface area contributed by atoms with Crippen molar-refractivity contribution < 1.29 is 23.7 Å². The highest BCUT2D eigenvalue weighted by Crippen LogP contribution is 2.30. The first-order valence-electron chi connectivity index (χ1n) is 7.05. The molecule has 0 spiro atoms. The number of esters is 1. The van der Waals surface area contributed by atoms with Crippen LogP contribution in [0.25, 0.3) is 0 Å². The summed E-state index contributed by atoms with van der Waals surface area (Å²) in [5.74, 6) is -0.411. The second kappa shape index (κ2) is 7.02. The van der Waals surface area contributed by atoms with Gasteiger partial charge in [-0.2, -0.15) is 0 Å². The number of carbonyl (C=O) groups excluding carboxylic acids is 1. The van der Waals surface area contributed by atoms with Crippen molar-refractivity contribution in [3.63, 3.8) is 0 Å². The lowest BCUT2D eigenvalue weighted by Gasteiger charge is -2.42. The van der Waals surface area contributed by atoms with Crippen LogP contribution in [0.2, 0.25) is 0 Å². The summed E-state index contributed by atoms with van der Waals surface area (Å²) in [6.07, 6.45) is -1.41. The van der Waals surface area contributed by atoms with Crippen LogP contribution >= 0.6 is 0 Å². The largest absolute Gasteiger partial charge is 0.453 e. The molecule has 1 fully saturated rings. The first-order chi connectivity index (χ1) is 10.1. The molecule has 21 heavy (non-hydrogen) atoms. The highest BCUT2D eigenvalue weighted by molar-refractivity contribution is 5.89. The van der Waals surface area contributed by atoms with E-state index < -0.39 is 6.10 Å². The highest BCUT2D eigenvalue weighted by atomic mass is 16.7. The van der Waals surface area contributed by atoms with Crippen molar-refractivity contribution in [3.05, 3.63) is 35.9 Å². The van der Waals surface area contributed by atoms with E-state index in [1.165, 1.54) is 0 Å². The summed E-state index contributed by atoms with van der Waals surface area (Å²) < 4.78 is 22.2. The second-order valence-electron chi connectivity index (χ2n) is 5.24. The van der Waals surface area contributed by atoms with Gasteiger partial charge in [0.25, 0.3) is 0 Å². The predicted molar refractivity (Wildman–Crippen MR) is 77.0 cm³/mol. The fourth-order valence-corrected chi connectivity index (χ4v) is 2.68. The fourth-order valence-electron chi connectivity index (χ4n) is 2.68. The Kier molecular flexibility index (Phi) is 5.33. The SMILES string of the molecule is COC1OC(C)[C@H](OC(=O)c2ccccc2)C(OC)C1C. The van der Waals surface area contributed by atoms with Crippen molar-refractivity contribution in [3.8, 4) is 0 Å². The summed E-state index contributed by atoms with van der Waals surface area (Å²) in [6.45, 7) is 3.81. The van der Waals surface area contributed by atoms with Crippen LogP contribution in [0.5, 0.6) is 0 Å². The van der Waals surface area contributed by atoms with E-state index >= 15 is 0 Å². The molecule has 5 nitrogen and oxygen atoms in total. The summed E-state index contributed by atoms with van der Waals surface area (Å²) in [5.41, 5.74) is 0.515. The predicted octanol–water partition coefficient (Wildman–Crippen LogP) is 2.25. The van der Waals surface area contributed by atoms with E-state index in [1.54, 1.807) is 38.5 Å². The zero-order valence-electron chi connectivity index (χ0n) is 12.8. The van der Waals surface area contributed by atoms with Gasteiger partial charge in [0.15, 0.2) is 12.4 Å². The maximum absolute atomic E-state index is 12.2. The molecule has 1 aliphatic heterocycles. The number of ether oxygens (including phenoxy) is 4. The summed E-state index contributed by atoms with van der Waals surface area (Å²) in [4.78, 5) is 12.2. The first kappa shape index (κ1) is 15.9. The third kappa shape index (κ3) is 3.43. The van der Waals surface area contributed by atoms with E-state index in [-0.39, 0.29) is 30.4 Å². The molecule has 0 N–H and O–H groups in total. The molecule has 0 radical (unpaired) electrons. The Morgan fingerprint density at radius 2 is 1.71 bits per heavy atom. The van der Waals surface area contributed by atoms with Gasteiger partial charge in [-0.25, -0.2) is 4.79 Å². The molecular weight excluding hydrogens is 272 g/mol. The number of benzene rings is 1. The molecule has 2 rings (SSSR count). The molecule has 0 aromatic heterocycles. The number of rotatable bonds is 4. The molecule has 0 aliphatic carbocycles. The van der Waals surface area contributed by atoms with Crippen LogP contribution in [0.4, 0.5) is 0 Å². The molecule has 1 aromatic rings. The Labute approximate surface area is 125 Å². The van der Waals surface area contributed by atoms with Gasteiger partial charge in [-0.3, -0.25) is 0 Å². The van der Waals surface area contributed by atoms with Crippen LogP contribution in [-0.2, 0) is 18.9 Å². The number of methoxy groups -OCH3 is 2. The van der Waals surface area contributed by atoms with E-state index in [0.29, 0.717) is 5.56 Å². The molecule has 1 heterocycles. The van der Waals surface area contributed by atoms with Gasteiger partial charge in [0.1, 0.15) is 6.10 Å². The Morgan fingerprint density at radius 1 is 1.05 bits per heavy atom. The number of hydrogen-bond acceptors (Lipinski definition) is 5. The summed E-state index contributed by atoms with van der Waals surface area (Å²) >= 11 is 0. The standard InChI is InChI=1S/C16H22O5/c1-10-13(18-3)14(11(2)20-16(10)19-4)21-15(17)12-8-6-5-7-9-12/h5-11,13-14,16H,1-4H3/t10?,11?,13?,14-,16?/m0/s1. The van der Waals surface area contributed by atoms with E-state index in [1.807, 2.05) is 19.9 Å². The molecule has 1 aromatic carbocycles. The van der Waals surface area contributed by atoms with Gasteiger partial charge in [0.05, 0.1) is 11.7 Å². The maximum atomic E-state index is 12.2. The normalized spacial score (nSPS) is 32.7. The van der Waals surface area contributed by atoms with Gasteiger partial charge >= 0.3 is 5.97 Å². The van der Waals surface area contributed by atoms with Gasteiger partial charge in [-0.1, -0.05) is 25.1 Å². The number of carbonyl (C=O) groups is 1. The average Bonchev–Trinajstić information content (AvgIpc) is 2.51. The summed E-state index contributed by atoms with van der Waals surface area (Å²) in [7, 11) is 3.20. The van der Waals surface area contributed by atoms with Gasteiger partial charge in [-0.15, -0.1) is 0 Å². The first-order valence-corrected chi connectivity index (χ1v) is 7.05. The lowest BCUT2D eigenvalue weighted by atomic mass is 9.92. The average molecular weight is 294 g/mol. The molecule has 0 bridgehead atoms. The van der Waals surface area contributed by atoms with Crippen molar-refractivity contribution in [2.45, 2.75) is 38.4 Å². The van der Waals surface area contributed by atoms with E-state index in [0.717, 1.165) is 0 Å². The highest BCUT2D eigenvalue weighted by Gasteiger charge is 2.44. The Bertz CT molecular complexity index is 461. The van der Waals surface area contributed by atoms with Crippen molar-refractivity contribution in [1.29, 1.82) is 0 Å². The Hall–Kier alpha value is -1.43. The van der Waals surface area contributed by atoms with Crippen LogP contribution < -0.4 is 0 Å². The zero-order chi connectivity index (χ0) is 15.4. The molecule has 5 atom stereocenters. The number of hydrogen-bond donors (Lipinski definition) is 0. The summed E-state index contributed by atoms with van der Waals surface area (Å²) in [6, 6.07) is 8.90. The van der Waals surface area contributed by atoms with Crippen molar-refractivity contribution >= 4 is 5.97 Å². The van der Waals surface area contributed by atoms with Crippen molar-refractivity contribution in [1.82, 2.24) is 0 Å². The van der Waals surface area contributed by atoms with Crippen LogP contribution in [0.3, 0.4) is 0 Å². The van der Waals surface area contributed by atoms with E-state index in [2.05, 4.69) is 0 Å². The van der Waals surface area contributed by atoms with E-state index in [9.17, 15) is 4.79 Å². The van der Waals surface area contributed by atoms with Crippen LogP contribution in [0.15, 0.2) is 30.3 Å². The minimum absolute atomic E-state index is 0.0372. The van der Waals surface area contributed by atoms with Gasteiger partial charge in [0, 0.05) is 20.1 Å². The molecule has 116 valence electrons. The smallest absolute Gasteiger partial charge is 0.338 e. The van der Waals surface area contributed by atoms with Crippen LogP contribution in [-0.4, -0.2) is 44.8 Å². The second-order valence-corrected chi connectivity index (χ2v) is 5.24. The molecule has 0 amide bonds. The van der Waals surface area contributed by atoms with Gasteiger partial charge < -0.3 is 18.9 Å². The van der Waals surface area contributed by atoms with E-state index in [4.69, 9.17) is 18.9 Å². The Morgan fingerprint density at radius 3 is 2.29 bits per heavy atom. The molecule has 5 heteroatoms. The third-order valence-corrected chi connectivity index (χ3v) is 3.84. The zero-order valence-corrected chi connectivity index (χ0v) is 12.8. The monoisotopic (exact) mass is 294 g/mol. The topological polar surface area (TPSA) is 54.0 Å². The summed E-state index contributed by atoms with van der Waals surface area (Å²) in [5, 5.41) is 0. The molecule has 0 saturated carbocycles. The van der Waals surface area contributed by atoms with Crippen LogP contribution in [0, 0.1) is 5.92 Å². The minimum Gasteiger partial charge on any atom is -0.453 e. The third-order valence-electron chi connectivity index (χ3n) is 3.84. The maximum Gasteiger partial charge on any atom is 0.338 e. The molecular formula is C16H22O5. The van der Waals surface area contributed by atoms with Crippen molar-refractivity contribution in [2.24, 2.45) is 5.92 Å². The van der Waals surface area contributed by atoms with Crippen LogP contribution in [0.1, 0.15) is 24.2 Å². The van der Waals surface area contributed by atoms with Crippen molar-refractivity contribution in [2.75, 3.05) is 14.2 Å². The van der Waals surface area contributed by atoms with Gasteiger partial charge in [-0.05, 0) is 19.1 Å². The molecule has 1 aliphatic rings. The lowest BCUT2D eigenvalue weighted by molar-refractivity contribution is -0.268. The molecule has 4 unspecified atom stereocenters. The quantitative estimate of drug-likeness (QED) is 0.797. The van der Waals surface area contributed by atoms with Gasteiger partial charge in [0.2, 0.25) is 0 Å².